The number of ketones is 1. The van der Waals surface area contributed by atoms with Crippen LogP contribution in [0.15, 0.2) is 12.4 Å². The van der Waals surface area contributed by atoms with Gasteiger partial charge in [-0.1, -0.05) is 6.92 Å². The normalized spacial score (nSPS) is 34.3. The summed E-state index contributed by atoms with van der Waals surface area (Å²) in [5.74, 6) is 2.47. The van der Waals surface area contributed by atoms with E-state index < -0.39 is 0 Å². The molecule has 1 aliphatic carbocycles. The molecule has 2 aliphatic heterocycles. The zero-order chi connectivity index (χ0) is 19.1. The van der Waals surface area contributed by atoms with Crippen molar-refractivity contribution in [3.63, 3.8) is 0 Å². The molecule has 5 atom stereocenters. The monoisotopic (exact) mass is 370 g/mol. The number of carbonyl (C=O) groups excluding carboxylic acids is 1. The van der Waals surface area contributed by atoms with Crippen molar-refractivity contribution in [1.29, 1.82) is 0 Å². The van der Waals surface area contributed by atoms with E-state index in [0.29, 0.717) is 35.7 Å². The Labute approximate surface area is 163 Å². The minimum atomic E-state index is 0.245. The highest BCUT2D eigenvalue weighted by molar-refractivity contribution is 5.78. The fraction of sp³-hybridized carbons (Fsp3) is 0.773. The van der Waals surface area contributed by atoms with E-state index in [0.717, 1.165) is 38.3 Å². The van der Waals surface area contributed by atoms with Crippen molar-refractivity contribution in [2.45, 2.75) is 83.8 Å². The second-order valence-electron chi connectivity index (χ2n) is 9.36. The average Bonchev–Trinajstić information content (AvgIpc) is 2.90. The molecule has 3 aliphatic rings. The van der Waals surface area contributed by atoms with Gasteiger partial charge in [0.2, 0.25) is 5.95 Å². The third kappa shape index (κ3) is 3.63. The number of piperazine rings is 1. The van der Waals surface area contributed by atoms with Gasteiger partial charge in [-0.25, -0.2) is 9.97 Å². The van der Waals surface area contributed by atoms with Crippen LogP contribution in [0.3, 0.4) is 0 Å². The van der Waals surface area contributed by atoms with Gasteiger partial charge in [0.05, 0.1) is 0 Å². The third-order valence-corrected chi connectivity index (χ3v) is 7.29. The average molecular weight is 371 g/mol. The van der Waals surface area contributed by atoms with Crippen LogP contribution in [-0.4, -0.2) is 51.9 Å². The minimum absolute atomic E-state index is 0.245. The molecular formula is C22H34N4O. The highest BCUT2D eigenvalue weighted by atomic mass is 16.1. The van der Waals surface area contributed by atoms with Crippen LogP contribution in [0.5, 0.6) is 0 Å². The summed E-state index contributed by atoms with van der Waals surface area (Å²) in [6, 6.07) is 1.73. The lowest BCUT2D eigenvalue weighted by molar-refractivity contribution is -0.123. The molecule has 5 unspecified atom stereocenters. The lowest BCUT2D eigenvalue weighted by Crippen LogP contribution is -2.56. The molecule has 3 heterocycles. The number of carbonyl (C=O) groups is 1. The lowest BCUT2D eigenvalue weighted by Gasteiger charge is -2.42. The highest BCUT2D eigenvalue weighted by Crippen LogP contribution is 2.40. The van der Waals surface area contributed by atoms with Crippen molar-refractivity contribution in [2.75, 3.05) is 18.0 Å². The summed E-state index contributed by atoms with van der Waals surface area (Å²) < 4.78 is 0. The number of anilines is 1. The first-order chi connectivity index (χ1) is 12.9. The zero-order valence-corrected chi connectivity index (χ0v) is 17.3. The van der Waals surface area contributed by atoms with Crippen LogP contribution in [0.25, 0.3) is 0 Å². The standard InChI is InChI=1S/C22H34N4O/c1-14(2)25-12-19-6-7-20(13-25)26(19)22-23-10-18(11-24-22)17-5-8-21(16(4)27)15(3)9-17/h10-11,14-15,17,19-21H,5-9,12-13H2,1-4H3. The predicted molar refractivity (Wildman–Crippen MR) is 108 cm³/mol. The van der Waals surface area contributed by atoms with Crippen LogP contribution >= 0.6 is 0 Å². The molecule has 2 saturated heterocycles. The molecule has 0 amide bonds. The zero-order valence-electron chi connectivity index (χ0n) is 17.3. The van der Waals surface area contributed by atoms with Crippen molar-refractivity contribution >= 4 is 11.7 Å². The Bertz CT molecular complexity index is 659. The molecule has 5 nitrogen and oxygen atoms in total. The molecule has 27 heavy (non-hydrogen) atoms. The van der Waals surface area contributed by atoms with Crippen molar-refractivity contribution in [3.05, 3.63) is 18.0 Å². The van der Waals surface area contributed by atoms with Gasteiger partial charge in [-0.15, -0.1) is 0 Å². The molecule has 1 aromatic heterocycles. The molecule has 4 rings (SSSR count). The molecule has 148 valence electrons. The summed E-state index contributed by atoms with van der Waals surface area (Å²) in [5.41, 5.74) is 1.25. The molecule has 1 saturated carbocycles. The summed E-state index contributed by atoms with van der Waals surface area (Å²) in [6.07, 6.45) is 9.78. The number of hydrogen-bond acceptors (Lipinski definition) is 5. The number of hydrogen-bond donors (Lipinski definition) is 0. The van der Waals surface area contributed by atoms with Gasteiger partial charge in [-0.3, -0.25) is 9.69 Å². The van der Waals surface area contributed by atoms with Crippen LogP contribution < -0.4 is 4.90 Å². The molecule has 5 heteroatoms. The van der Waals surface area contributed by atoms with Crippen LogP contribution in [0, 0.1) is 11.8 Å². The predicted octanol–water partition coefficient (Wildman–Crippen LogP) is 3.65. The van der Waals surface area contributed by atoms with E-state index in [2.05, 4.69) is 43.0 Å². The Hall–Kier alpha value is -1.49. The number of likely N-dealkylation sites (tertiary alicyclic amines) is 1. The number of fused-ring (bicyclic) bond motifs is 2. The second-order valence-corrected chi connectivity index (χ2v) is 9.36. The maximum absolute atomic E-state index is 11.8. The minimum Gasteiger partial charge on any atom is -0.332 e. The molecule has 0 N–H and O–H groups in total. The summed E-state index contributed by atoms with van der Waals surface area (Å²) in [4.78, 5) is 26.4. The van der Waals surface area contributed by atoms with Gasteiger partial charge < -0.3 is 4.90 Å². The van der Waals surface area contributed by atoms with Crippen LogP contribution in [0.1, 0.15) is 71.3 Å². The van der Waals surface area contributed by atoms with E-state index in [-0.39, 0.29) is 5.92 Å². The summed E-state index contributed by atoms with van der Waals surface area (Å²) in [5, 5.41) is 0. The Morgan fingerprint density at radius 3 is 2.22 bits per heavy atom. The molecule has 0 spiro atoms. The molecule has 2 bridgehead atoms. The number of rotatable bonds is 4. The maximum atomic E-state index is 11.8. The van der Waals surface area contributed by atoms with E-state index in [1.54, 1.807) is 6.92 Å². The molecule has 0 aromatic carbocycles. The summed E-state index contributed by atoms with van der Waals surface area (Å²) in [7, 11) is 0. The Balaban J connectivity index is 1.44. The van der Waals surface area contributed by atoms with E-state index in [1.807, 2.05) is 0 Å². The lowest BCUT2D eigenvalue weighted by atomic mass is 9.72. The van der Waals surface area contributed by atoms with Crippen molar-refractivity contribution in [1.82, 2.24) is 14.9 Å². The SMILES string of the molecule is CC(=O)C1CCC(c2cnc(N3C4CCC3CN(C(C)C)C4)nc2)CC1C. The second kappa shape index (κ2) is 7.50. The van der Waals surface area contributed by atoms with Gasteiger partial charge in [0.1, 0.15) is 5.78 Å². The van der Waals surface area contributed by atoms with Gasteiger partial charge >= 0.3 is 0 Å². The van der Waals surface area contributed by atoms with Crippen molar-refractivity contribution in [2.24, 2.45) is 11.8 Å². The Morgan fingerprint density at radius 1 is 1.07 bits per heavy atom. The number of aromatic nitrogens is 2. The van der Waals surface area contributed by atoms with Gasteiger partial charge in [-0.05, 0) is 70.3 Å². The van der Waals surface area contributed by atoms with E-state index in [4.69, 9.17) is 9.97 Å². The smallest absolute Gasteiger partial charge is 0.225 e. The Morgan fingerprint density at radius 2 is 1.70 bits per heavy atom. The Kier molecular flexibility index (Phi) is 5.23. The fourth-order valence-corrected chi connectivity index (χ4v) is 5.66. The summed E-state index contributed by atoms with van der Waals surface area (Å²) >= 11 is 0. The largest absolute Gasteiger partial charge is 0.332 e. The van der Waals surface area contributed by atoms with Gasteiger partial charge in [-0.2, -0.15) is 0 Å². The topological polar surface area (TPSA) is 49.3 Å². The maximum Gasteiger partial charge on any atom is 0.225 e. The first-order valence-corrected chi connectivity index (χ1v) is 10.8. The molecule has 0 radical (unpaired) electrons. The number of nitrogens with zero attached hydrogens (tertiary/aromatic N) is 4. The quantitative estimate of drug-likeness (QED) is 0.810. The van der Waals surface area contributed by atoms with Gasteiger partial charge in [0.25, 0.3) is 0 Å². The van der Waals surface area contributed by atoms with Gasteiger partial charge in [0, 0.05) is 49.5 Å². The third-order valence-electron chi connectivity index (χ3n) is 7.29. The first kappa shape index (κ1) is 18.9. The van der Waals surface area contributed by atoms with E-state index in [9.17, 15) is 4.79 Å². The van der Waals surface area contributed by atoms with E-state index in [1.165, 1.54) is 18.4 Å². The molecule has 1 aromatic rings. The number of Topliss-reactive ketones (excluding diaryl/α,β-unsaturated/α-hetero) is 1. The van der Waals surface area contributed by atoms with Crippen LogP contribution in [0.4, 0.5) is 5.95 Å². The first-order valence-electron chi connectivity index (χ1n) is 10.8. The van der Waals surface area contributed by atoms with Crippen LogP contribution in [-0.2, 0) is 4.79 Å². The molecular weight excluding hydrogens is 336 g/mol. The fourth-order valence-electron chi connectivity index (χ4n) is 5.66. The highest BCUT2D eigenvalue weighted by Gasteiger charge is 2.41. The summed E-state index contributed by atoms with van der Waals surface area (Å²) in [6.45, 7) is 10.8. The van der Waals surface area contributed by atoms with E-state index >= 15 is 0 Å². The van der Waals surface area contributed by atoms with Gasteiger partial charge in [0.15, 0.2) is 0 Å². The molecule has 3 fully saturated rings. The van der Waals surface area contributed by atoms with Crippen LogP contribution in [0.2, 0.25) is 0 Å². The van der Waals surface area contributed by atoms with Crippen molar-refractivity contribution in [3.8, 4) is 0 Å². The van der Waals surface area contributed by atoms with Crippen molar-refractivity contribution < 1.29 is 4.79 Å².